The highest BCUT2D eigenvalue weighted by molar-refractivity contribution is 5.94. The molecule has 0 heterocycles. The Morgan fingerprint density at radius 3 is 2.30 bits per heavy atom. The van der Waals surface area contributed by atoms with Crippen molar-refractivity contribution in [2.45, 2.75) is 26.4 Å². The molecular formula is C14H21N3O3. The van der Waals surface area contributed by atoms with Gasteiger partial charge < -0.3 is 21.5 Å². The summed E-state index contributed by atoms with van der Waals surface area (Å²) in [6.45, 7) is 4.09. The lowest BCUT2D eigenvalue weighted by molar-refractivity contribution is 0.0897. The summed E-state index contributed by atoms with van der Waals surface area (Å²) in [5.74, 6) is -0.0739. The van der Waals surface area contributed by atoms with Gasteiger partial charge in [0.15, 0.2) is 0 Å². The molecule has 5 N–H and O–H groups in total. The minimum Gasteiger partial charge on any atom is -0.394 e. The molecule has 110 valence electrons. The molecule has 0 aliphatic carbocycles. The Morgan fingerprint density at radius 2 is 1.85 bits per heavy atom. The van der Waals surface area contributed by atoms with Gasteiger partial charge in [0, 0.05) is 12.1 Å². The predicted octanol–water partition coefficient (Wildman–Crippen LogP) is 0.602. The van der Waals surface area contributed by atoms with E-state index in [2.05, 4.69) is 10.6 Å². The molecule has 0 radical (unpaired) electrons. The van der Waals surface area contributed by atoms with Crippen LogP contribution in [0, 0.1) is 5.92 Å². The number of hydrogen-bond donors (Lipinski definition) is 4. The molecular weight excluding hydrogens is 258 g/mol. The SMILES string of the molecule is CC(C)C(CO)NC(=O)c1ccc(CNC(N)=O)cc1. The fourth-order valence-electron chi connectivity index (χ4n) is 1.64. The molecule has 6 heteroatoms. The van der Waals surface area contributed by atoms with Gasteiger partial charge in [-0.25, -0.2) is 4.79 Å². The Morgan fingerprint density at radius 1 is 1.25 bits per heavy atom. The van der Waals surface area contributed by atoms with Gasteiger partial charge in [0.05, 0.1) is 12.6 Å². The minimum absolute atomic E-state index is 0.0932. The van der Waals surface area contributed by atoms with Crippen LogP contribution in [0.4, 0.5) is 4.79 Å². The van der Waals surface area contributed by atoms with E-state index in [1.54, 1.807) is 24.3 Å². The maximum absolute atomic E-state index is 12.0. The second-order valence-electron chi connectivity index (χ2n) is 4.92. The third kappa shape index (κ3) is 4.89. The van der Waals surface area contributed by atoms with Crippen molar-refractivity contribution in [1.82, 2.24) is 10.6 Å². The fraction of sp³-hybridized carbons (Fsp3) is 0.429. The molecule has 0 fully saturated rings. The molecule has 20 heavy (non-hydrogen) atoms. The number of nitrogens with one attached hydrogen (secondary N) is 2. The minimum atomic E-state index is -0.588. The second-order valence-corrected chi connectivity index (χ2v) is 4.92. The highest BCUT2D eigenvalue weighted by Crippen LogP contribution is 2.07. The number of hydrogen-bond acceptors (Lipinski definition) is 3. The average molecular weight is 279 g/mol. The second kappa shape index (κ2) is 7.49. The molecule has 3 amide bonds. The van der Waals surface area contributed by atoms with Crippen molar-refractivity contribution in [2.75, 3.05) is 6.61 Å². The van der Waals surface area contributed by atoms with Crippen molar-refractivity contribution in [3.8, 4) is 0 Å². The number of aliphatic hydroxyl groups is 1. The molecule has 0 bridgehead atoms. The summed E-state index contributed by atoms with van der Waals surface area (Å²) in [6.07, 6.45) is 0. The van der Waals surface area contributed by atoms with E-state index in [0.717, 1.165) is 5.56 Å². The smallest absolute Gasteiger partial charge is 0.312 e. The van der Waals surface area contributed by atoms with Gasteiger partial charge in [0.1, 0.15) is 0 Å². The number of primary amides is 1. The third-order valence-corrected chi connectivity index (χ3v) is 3.00. The van der Waals surface area contributed by atoms with Crippen molar-refractivity contribution in [1.29, 1.82) is 0 Å². The van der Waals surface area contributed by atoms with Gasteiger partial charge in [-0.2, -0.15) is 0 Å². The Balaban J connectivity index is 2.63. The first kappa shape index (κ1) is 16.0. The lowest BCUT2D eigenvalue weighted by Crippen LogP contribution is -2.41. The number of urea groups is 1. The highest BCUT2D eigenvalue weighted by Gasteiger charge is 2.15. The van der Waals surface area contributed by atoms with E-state index in [9.17, 15) is 14.7 Å². The number of rotatable bonds is 6. The predicted molar refractivity (Wildman–Crippen MR) is 76.0 cm³/mol. The van der Waals surface area contributed by atoms with Crippen molar-refractivity contribution in [2.24, 2.45) is 11.7 Å². The van der Waals surface area contributed by atoms with Crippen LogP contribution in [0.25, 0.3) is 0 Å². The van der Waals surface area contributed by atoms with Crippen LogP contribution in [0.2, 0.25) is 0 Å². The first-order chi connectivity index (χ1) is 9.43. The van der Waals surface area contributed by atoms with Crippen molar-refractivity contribution < 1.29 is 14.7 Å². The van der Waals surface area contributed by atoms with Crippen LogP contribution in [0.15, 0.2) is 24.3 Å². The molecule has 1 unspecified atom stereocenters. The summed E-state index contributed by atoms with van der Waals surface area (Å²) in [5.41, 5.74) is 6.34. The maximum atomic E-state index is 12.0. The molecule has 1 aromatic rings. The summed E-state index contributed by atoms with van der Waals surface area (Å²) in [6, 6.07) is 5.97. The van der Waals surface area contributed by atoms with Crippen molar-refractivity contribution in [3.05, 3.63) is 35.4 Å². The zero-order valence-corrected chi connectivity index (χ0v) is 11.7. The van der Waals surface area contributed by atoms with Gasteiger partial charge >= 0.3 is 6.03 Å². The summed E-state index contributed by atoms with van der Waals surface area (Å²) >= 11 is 0. The molecule has 0 aromatic heterocycles. The summed E-state index contributed by atoms with van der Waals surface area (Å²) < 4.78 is 0. The van der Waals surface area contributed by atoms with Crippen LogP contribution in [0.5, 0.6) is 0 Å². The lowest BCUT2D eigenvalue weighted by Gasteiger charge is -2.19. The van der Waals surface area contributed by atoms with E-state index in [1.165, 1.54) is 0 Å². The molecule has 6 nitrogen and oxygen atoms in total. The largest absolute Gasteiger partial charge is 0.394 e. The van der Waals surface area contributed by atoms with Crippen LogP contribution >= 0.6 is 0 Å². The van der Waals surface area contributed by atoms with Crippen LogP contribution in [-0.4, -0.2) is 29.7 Å². The van der Waals surface area contributed by atoms with Gasteiger partial charge in [0.2, 0.25) is 0 Å². The van der Waals surface area contributed by atoms with Gasteiger partial charge in [-0.1, -0.05) is 26.0 Å². The third-order valence-electron chi connectivity index (χ3n) is 3.00. The first-order valence-electron chi connectivity index (χ1n) is 6.48. The highest BCUT2D eigenvalue weighted by atomic mass is 16.3. The molecule has 1 atom stereocenters. The Kier molecular flexibility index (Phi) is 5.99. The molecule has 0 aliphatic heterocycles. The van der Waals surface area contributed by atoms with Crippen molar-refractivity contribution >= 4 is 11.9 Å². The molecule has 0 saturated carbocycles. The Bertz CT molecular complexity index is 457. The summed E-state index contributed by atoms with van der Waals surface area (Å²) in [4.78, 5) is 22.6. The molecule has 0 spiro atoms. The number of nitrogens with two attached hydrogens (primary N) is 1. The summed E-state index contributed by atoms with van der Waals surface area (Å²) in [7, 11) is 0. The molecule has 0 aliphatic rings. The van der Waals surface area contributed by atoms with Crippen LogP contribution in [-0.2, 0) is 6.54 Å². The van der Waals surface area contributed by atoms with Crippen LogP contribution < -0.4 is 16.4 Å². The quantitative estimate of drug-likeness (QED) is 0.613. The first-order valence-corrected chi connectivity index (χ1v) is 6.48. The lowest BCUT2D eigenvalue weighted by atomic mass is 10.0. The van der Waals surface area contributed by atoms with E-state index < -0.39 is 6.03 Å². The van der Waals surface area contributed by atoms with E-state index in [1.807, 2.05) is 13.8 Å². The van der Waals surface area contributed by atoms with Gasteiger partial charge in [-0.3, -0.25) is 4.79 Å². The van der Waals surface area contributed by atoms with E-state index >= 15 is 0 Å². The van der Waals surface area contributed by atoms with Gasteiger partial charge in [-0.05, 0) is 23.6 Å². The number of carbonyl (C=O) groups excluding carboxylic acids is 2. The van der Waals surface area contributed by atoms with Gasteiger partial charge in [-0.15, -0.1) is 0 Å². The normalized spacial score (nSPS) is 12.0. The number of carbonyl (C=O) groups is 2. The monoisotopic (exact) mass is 279 g/mol. The number of benzene rings is 1. The van der Waals surface area contributed by atoms with Gasteiger partial charge in [0.25, 0.3) is 5.91 Å². The molecule has 0 saturated heterocycles. The zero-order chi connectivity index (χ0) is 15.1. The van der Waals surface area contributed by atoms with Crippen LogP contribution in [0.1, 0.15) is 29.8 Å². The van der Waals surface area contributed by atoms with E-state index in [0.29, 0.717) is 12.1 Å². The number of amides is 3. The average Bonchev–Trinajstić information content (AvgIpc) is 2.42. The fourth-order valence-corrected chi connectivity index (χ4v) is 1.64. The maximum Gasteiger partial charge on any atom is 0.312 e. The van der Waals surface area contributed by atoms with Crippen molar-refractivity contribution in [3.63, 3.8) is 0 Å². The molecule has 1 aromatic carbocycles. The Labute approximate surface area is 118 Å². The topological polar surface area (TPSA) is 104 Å². The van der Waals surface area contributed by atoms with E-state index in [-0.39, 0.29) is 24.5 Å². The summed E-state index contributed by atoms with van der Waals surface area (Å²) in [5, 5.41) is 14.4. The van der Waals surface area contributed by atoms with E-state index in [4.69, 9.17) is 5.73 Å². The zero-order valence-electron chi connectivity index (χ0n) is 11.7. The standard InChI is InChI=1S/C14H21N3O3/c1-9(2)12(8-18)17-13(19)11-5-3-10(4-6-11)7-16-14(15)20/h3-6,9,12,18H,7-8H2,1-2H3,(H,17,19)(H3,15,16,20). The van der Waals surface area contributed by atoms with Crippen LogP contribution in [0.3, 0.4) is 0 Å². The number of aliphatic hydroxyl groups excluding tert-OH is 1. The Hall–Kier alpha value is -2.08. The molecule has 1 rings (SSSR count).